The van der Waals surface area contributed by atoms with Crippen LogP contribution in [-0.2, 0) is 16.0 Å². The van der Waals surface area contributed by atoms with Crippen molar-refractivity contribution in [3.05, 3.63) is 17.5 Å². The molecule has 0 bridgehead atoms. The van der Waals surface area contributed by atoms with Gasteiger partial charge in [-0.3, -0.25) is 9.59 Å². The monoisotopic (exact) mass is 345 g/mol. The minimum Gasteiger partial charge on any atom is -0.349 e. The van der Waals surface area contributed by atoms with E-state index in [9.17, 15) is 9.59 Å². The molecule has 1 saturated heterocycles. The molecule has 1 N–H and O–H groups in total. The van der Waals surface area contributed by atoms with Crippen LogP contribution in [0.15, 0.2) is 6.20 Å². The van der Waals surface area contributed by atoms with E-state index in [1.165, 1.54) is 0 Å². The van der Waals surface area contributed by atoms with Gasteiger partial charge in [-0.25, -0.2) is 9.97 Å². The molecule has 136 valence electrons. The molecule has 2 heterocycles. The molecule has 1 aromatic heterocycles. The topological polar surface area (TPSA) is 78.4 Å². The Morgan fingerprint density at radius 1 is 1.32 bits per heavy atom. The van der Waals surface area contributed by atoms with Crippen LogP contribution in [0.3, 0.4) is 0 Å². The van der Waals surface area contributed by atoms with Crippen molar-refractivity contribution >= 4 is 17.8 Å². The largest absolute Gasteiger partial charge is 0.349 e. The number of likely N-dealkylation sites (tertiary alicyclic amines) is 1. The summed E-state index contributed by atoms with van der Waals surface area (Å²) in [7, 11) is 3.84. The third-order valence-electron chi connectivity index (χ3n) is 4.93. The van der Waals surface area contributed by atoms with Crippen LogP contribution in [0.5, 0.6) is 0 Å². The Kier molecular flexibility index (Phi) is 5.50. The van der Waals surface area contributed by atoms with E-state index in [-0.39, 0.29) is 17.9 Å². The first-order valence-electron chi connectivity index (χ1n) is 9.15. The lowest BCUT2D eigenvalue weighted by Gasteiger charge is -2.28. The zero-order valence-electron chi connectivity index (χ0n) is 15.1. The van der Waals surface area contributed by atoms with Crippen molar-refractivity contribution in [3.63, 3.8) is 0 Å². The average Bonchev–Trinajstić information content (AvgIpc) is 2.61. The van der Waals surface area contributed by atoms with Gasteiger partial charge in [-0.1, -0.05) is 0 Å². The van der Waals surface area contributed by atoms with E-state index in [1.807, 2.05) is 30.1 Å². The van der Waals surface area contributed by atoms with Crippen molar-refractivity contribution in [2.45, 2.75) is 51.0 Å². The lowest BCUT2D eigenvalue weighted by molar-refractivity contribution is -0.133. The number of piperidine rings is 1. The number of amides is 2. The molecule has 1 atom stereocenters. The number of aromatic nitrogens is 2. The second-order valence-corrected chi connectivity index (χ2v) is 7.07. The first kappa shape index (κ1) is 17.6. The third kappa shape index (κ3) is 4.27. The fourth-order valence-corrected chi connectivity index (χ4v) is 3.50. The Labute approximate surface area is 148 Å². The lowest BCUT2D eigenvalue weighted by atomic mass is 9.92. The van der Waals surface area contributed by atoms with Crippen LogP contribution in [0.2, 0.25) is 0 Å². The number of carbonyl (C=O) groups excluding carboxylic acids is 2. The molecule has 0 radical (unpaired) electrons. The Balaban J connectivity index is 1.58. The lowest BCUT2D eigenvalue weighted by Crippen LogP contribution is -2.39. The second kappa shape index (κ2) is 7.80. The van der Waals surface area contributed by atoms with E-state index in [2.05, 4.69) is 15.3 Å². The molecule has 0 saturated carbocycles. The van der Waals surface area contributed by atoms with Crippen molar-refractivity contribution in [2.24, 2.45) is 0 Å². The summed E-state index contributed by atoms with van der Waals surface area (Å²) in [5.41, 5.74) is 2.06. The summed E-state index contributed by atoms with van der Waals surface area (Å²) in [6, 6.07) is -0.0236. The summed E-state index contributed by atoms with van der Waals surface area (Å²) in [5, 5.41) is 3.11. The maximum atomic E-state index is 12.3. The third-order valence-corrected chi connectivity index (χ3v) is 4.93. The molecule has 0 aromatic carbocycles. The molecule has 1 aliphatic carbocycles. The van der Waals surface area contributed by atoms with Crippen LogP contribution in [-0.4, -0.2) is 53.9 Å². The van der Waals surface area contributed by atoms with Gasteiger partial charge in [-0.15, -0.1) is 0 Å². The van der Waals surface area contributed by atoms with Gasteiger partial charge in [0.1, 0.15) is 0 Å². The van der Waals surface area contributed by atoms with Gasteiger partial charge in [-0.05, 0) is 32.1 Å². The minimum absolute atomic E-state index is 0.00657. The molecule has 0 spiro atoms. The number of rotatable bonds is 5. The van der Waals surface area contributed by atoms with Crippen molar-refractivity contribution in [1.82, 2.24) is 20.2 Å². The first-order chi connectivity index (χ1) is 12.0. The molecule has 1 aromatic rings. The molecular weight excluding hydrogens is 318 g/mol. The van der Waals surface area contributed by atoms with Gasteiger partial charge in [0, 0.05) is 51.8 Å². The maximum absolute atomic E-state index is 12.3. The molecular formula is C18H27N5O2. The Morgan fingerprint density at radius 2 is 2.16 bits per heavy atom. The molecule has 7 nitrogen and oxygen atoms in total. The molecule has 1 unspecified atom stereocenters. The molecule has 1 aliphatic heterocycles. The van der Waals surface area contributed by atoms with Crippen LogP contribution in [0, 0.1) is 0 Å². The quantitative estimate of drug-likeness (QED) is 0.874. The normalized spacial score (nSPS) is 20.2. The van der Waals surface area contributed by atoms with Gasteiger partial charge in [-0.2, -0.15) is 0 Å². The van der Waals surface area contributed by atoms with E-state index < -0.39 is 0 Å². The van der Waals surface area contributed by atoms with Crippen LogP contribution >= 0.6 is 0 Å². The highest BCUT2D eigenvalue weighted by Crippen LogP contribution is 2.29. The van der Waals surface area contributed by atoms with Crippen molar-refractivity contribution in [1.29, 1.82) is 0 Å². The fraction of sp³-hybridized carbons (Fsp3) is 0.667. The smallest absolute Gasteiger partial charge is 0.225 e. The zero-order chi connectivity index (χ0) is 17.8. The molecule has 2 aliphatic rings. The van der Waals surface area contributed by atoms with Gasteiger partial charge >= 0.3 is 0 Å². The number of hydrogen-bond acceptors (Lipinski definition) is 5. The van der Waals surface area contributed by atoms with Gasteiger partial charge in [0.05, 0.1) is 11.7 Å². The maximum Gasteiger partial charge on any atom is 0.225 e. The molecule has 25 heavy (non-hydrogen) atoms. The molecule has 1 fully saturated rings. The number of nitrogens with one attached hydrogen (secondary N) is 1. The summed E-state index contributed by atoms with van der Waals surface area (Å²) >= 11 is 0. The molecule has 7 heteroatoms. The van der Waals surface area contributed by atoms with Crippen molar-refractivity contribution < 1.29 is 9.59 Å². The summed E-state index contributed by atoms with van der Waals surface area (Å²) < 4.78 is 0. The first-order valence-corrected chi connectivity index (χ1v) is 9.15. The SMILES string of the molecule is CN(C)c1ncc2c(n1)CCCC2NC(=O)CCN1CCCCC1=O. The van der Waals surface area contributed by atoms with E-state index in [1.54, 1.807) is 0 Å². The predicted octanol–water partition coefficient (Wildman–Crippen LogP) is 1.44. The van der Waals surface area contributed by atoms with E-state index in [0.29, 0.717) is 25.3 Å². The highest BCUT2D eigenvalue weighted by molar-refractivity contribution is 5.79. The van der Waals surface area contributed by atoms with E-state index in [4.69, 9.17) is 0 Å². The standard InChI is InChI=1S/C18H27N5O2/c1-22(2)18-19-12-13-14(6-5-7-15(13)21-18)20-16(24)9-11-23-10-4-3-8-17(23)25/h12,14H,3-11H2,1-2H3,(H,20,24). The number of nitrogens with zero attached hydrogens (tertiary/aromatic N) is 4. The summed E-state index contributed by atoms with van der Waals surface area (Å²) in [6.45, 7) is 1.29. The Morgan fingerprint density at radius 3 is 2.92 bits per heavy atom. The fourth-order valence-electron chi connectivity index (χ4n) is 3.50. The zero-order valence-corrected chi connectivity index (χ0v) is 15.1. The highest BCUT2D eigenvalue weighted by Gasteiger charge is 2.25. The average molecular weight is 345 g/mol. The van der Waals surface area contributed by atoms with Gasteiger partial charge in [0.25, 0.3) is 0 Å². The summed E-state index contributed by atoms with van der Waals surface area (Å²) in [4.78, 5) is 36.9. The van der Waals surface area contributed by atoms with Gasteiger partial charge in [0.15, 0.2) is 0 Å². The van der Waals surface area contributed by atoms with Crippen LogP contribution in [0.4, 0.5) is 5.95 Å². The molecule has 2 amide bonds. The Hall–Kier alpha value is -2.18. The van der Waals surface area contributed by atoms with Crippen LogP contribution < -0.4 is 10.2 Å². The number of aryl methyl sites for hydroxylation is 1. The van der Waals surface area contributed by atoms with Crippen molar-refractivity contribution in [3.8, 4) is 0 Å². The van der Waals surface area contributed by atoms with Crippen molar-refractivity contribution in [2.75, 3.05) is 32.1 Å². The summed E-state index contributed by atoms with van der Waals surface area (Å²) in [6.07, 6.45) is 7.66. The van der Waals surface area contributed by atoms with E-state index >= 15 is 0 Å². The molecule has 3 rings (SSSR count). The predicted molar refractivity (Wildman–Crippen MR) is 95.2 cm³/mol. The summed E-state index contributed by atoms with van der Waals surface area (Å²) in [5.74, 6) is 0.869. The minimum atomic E-state index is -0.0236. The van der Waals surface area contributed by atoms with E-state index in [0.717, 1.165) is 49.9 Å². The van der Waals surface area contributed by atoms with Crippen LogP contribution in [0.25, 0.3) is 0 Å². The number of carbonyl (C=O) groups is 2. The number of fused-ring (bicyclic) bond motifs is 1. The number of anilines is 1. The second-order valence-electron chi connectivity index (χ2n) is 7.07. The van der Waals surface area contributed by atoms with Crippen LogP contribution in [0.1, 0.15) is 55.8 Å². The highest BCUT2D eigenvalue weighted by atomic mass is 16.2. The Bertz CT molecular complexity index is 646. The van der Waals surface area contributed by atoms with Gasteiger partial charge in [0.2, 0.25) is 17.8 Å². The van der Waals surface area contributed by atoms with Gasteiger partial charge < -0.3 is 15.1 Å². The number of hydrogen-bond donors (Lipinski definition) is 1.